The molecule has 0 bridgehead atoms. The van der Waals surface area contributed by atoms with Crippen molar-refractivity contribution < 1.29 is 4.74 Å². The normalized spacial score (nSPS) is 12.4. The van der Waals surface area contributed by atoms with E-state index in [1.165, 1.54) is 4.88 Å². The molecular weight excluding hydrogens is 280 g/mol. The molecule has 108 valence electrons. The maximum absolute atomic E-state index is 5.87. The number of benzene rings is 1. The van der Waals surface area contributed by atoms with Gasteiger partial charge in [0.05, 0.1) is 0 Å². The van der Waals surface area contributed by atoms with Gasteiger partial charge in [-0.3, -0.25) is 4.98 Å². The summed E-state index contributed by atoms with van der Waals surface area (Å²) in [4.78, 5) is 5.74. The third-order valence-electron chi connectivity index (χ3n) is 3.38. The average molecular weight is 298 g/mol. The number of aromatic nitrogens is 1. The van der Waals surface area contributed by atoms with E-state index in [1.54, 1.807) is 17.5 Å². The van der Waals surface area contributed by atoms with E-state index in [2.05, 4.69) is 34.7 Å². The van der Waals surface area contributed by atoms with E-state index < -0.39 is 0 Å². The van der Waals surface area contributed by atoms with Crippen LogP contribution in [-0.2, 0) is 0 Å². The molecule has 3 aromatic rings. The van der Waals surface area contributed by atoms with Crippen molar-refractivity contribution in [3.05, 3.63) is 58.9 Å². The number of hydrogen-bond donors (Lipinski definition) is 1. The van der Waals surface area contributed by atoms with Crippen molar-refractivity contribution in [3.8, 4) is 5.75 Å². The van der Waals surface area contributed by atoms with Gasteiger partial charge in [-0.2, -0.15) is 0 Å². The van der Waals surface area contributed by atoms with Gasteiger partial charge in [-0.05, 0) is 30.5 Å². The van der Waals surface area contributed by atoms with Gasteiger partial charge in [0.1, 0.15) is 17.9 Å². The van der Waals surface area contributed by atoms with E-state index in [1.807, 2.05) is 30.3 Å². The average Bonchev–Trinajstić information content (AvgIpc) is 3.06. The van der Waals surface area contributed by atoms with Crippen LogP contribution < -0.4 is 10.1 Å². The van der Waals surface area contributed by atoms with Crippen molar-refractivity contribution in [1.29, 1.82) is 0 Å². The summed E-state index contributed by atoms with van der Waals surface area (Å²) < 4.78 is 5.87. The highest BCUT2D eigenvalue weighted by Gasteiger charge is 2.06. The van der Waals surface area contributed by atoms with Gasteiger partial charge in [-0.1, -0.05) is 24.3 Å². The highest BCUT2D eigenvalue weighted by Crippen LogP contribution is 2.23. The molecule has 0 fully saturated rings. The van der Waals surface area contributed by atoms with Crippen LogP contribution in [-0.4, -0.2) is 18.1 Å². The van der Waals surface area contributed by atoms with Gasteiger partial charge < -0.3 is 10.1 Å². The predicted octanol–water partition coefficient (Wildman–Crippen LogP) is 4.03. The van der Waals surface area contributed by atoms with Crippen molar-refractivity contribution >= 4 is 22.2 Å². The van der Waals surface area contributed by atoms with Crippen LogP contribution in [0.1, 0.15) is 17.8 Å². The lowest BCUT2D eigenvalue weighted by Crippen LogP contribution is -2.23. The lowest BCUT2D eigenvalue weighted by molar-refractivity contribution is 0.311. The van der Waals surface area contributed by atoms with Gasteiger partial charge in [0.2, 0.25) is 0 Å². The molecular formula is C17H18N2OS. The van der Waals surface area contributed by atoms with Gasteiger partial charge in [0, 0.05) is 29.0 Å². The largest absolute Gasteiger partial charge is 0.490 e. The molecule has 0 radical (unpaired) electrons. The smallest absolute Gasteiger partial charge is 0.145 e. The third-order valence-corrected chi connectivity index (χ3v) is 4.43. The minimum atomic E-state index is 0.360. The summed E-state index contributed by atoms with van der Waals surface area (Å²) in [7, 11) is 0. The highest BCUT2D eigenvalue weighted by molar-refractivity contribution is 7.10. The first-order valence-corrected chi connectivity index (χ1v) is 7.96. The highest BCUT2D eigenvalue weighted by atomic mass is 32.1. The zero-order chi connectivity index (χ0) is 14.5. The summed E-state index contributed by atoms with van der Waals surface area (Å²) in [5.74, 6) is 0.846. The summed E-state index contributed by atoms with van der Waals surface area (Å²) in [6, 6.07) is 14.6. The van der Waals surface area contributed by atoms with Gasteiger partial charge in [-0.25, -0.2) is 0 Å². The molecule has 3 nitrogen and oxygen atoms in total. The van der Waals surface area contributed by atoms with Gasteiger partial charge >= 0.3 is 0 Å². The molecule has 0 saturated carbocycles. The van der Waals surface area contributed by atoms with Crippen LogP contribution in [0, 0.1) is 0 Å². The fraction of sp³-hybridized carbons (Fsp3) is 0.235. The number of para-hydroxylation sites is 1. The van der Waals surface area contributed by atoms with Gasteiger partial charge in [-0.15, -0.1) is 11.3 Å². The number of fused-ring (bicyclic) bond motifs is 1. The van der Waals surface area contributed by atoms with Crippen molar-refractivity contribution in [3.63, 3.8) is 0 Å². The van der Waals surface area contributed by atoms with Crippen LogP contribution in [0.4, 0.5) is 0 Å². The molecule has 1 aromatic carbocycles. The SMILES string of the molecule is CC(NCCOc1cccc2cccnc12)c1cccs1. The molecule has 1 atom stereocenters. The van der Waals surface area contributed by atoms with Crippen molar-refractivity contribution in [2.75, 3.05) is 13.2 Å². The van der Waals surface area contributed by atoms with E-state index in [0.717, 1.165) is 23.2 Å². The molecule has 0 amide bonds. The summed E-state index contributed by atoms with van der Waals surface area (Å²) in [5, 5.41) is 6.68. The maximum Gasteiger partial charge on any atom is 0.145 e. The first-order valence-electron chi connectivity index (χ1n) is 7.08. The first kappa shape index (κ1) is 14.0. The lowest BCUT2D eigenvalue weighted by Gasteiger charge is -2.13. The summed E-state index contributed by atoms with van der Waals surface area (Å²) in [5.41, 5.74) is 0.923. The van der Waals surface area contributed by atoms with Crippen LogP contribution >= 0.6 is 11.3 Å². The molecule has 0 aliphatic heterocycles. The van der Waals surface area contributed by atoms with Crippen molar-refractivity contribution in [2.45, 2.75) is 13.0 Å². The Balaban J connectivity index is 1.55. The molecule has 0 spiro atoms. The fourth-order valence-electron chi connectivity index (χ4n) is 2.27. The Labute approximate surface area is 128 Å². The third kappa shape index (κ3) is 3.40. The van der Waals surface area contributed by atoms with E-state index in [9.17, 15) is 0 Å². The standard InChI is InChI=1S/C17H18N2OS/c1-13(16-8-4-12-21-16)18-10-11-20-15-7-2-5-14-6-3-9-19-17(14)15/h2-9,12-13,18H,10-11H2,1H3. The molecule has 4 heteroatoms. The Bertz CT molecular complexity index is 692. The quantitative estimate of drug-likeness (QED) is 0.698. The molecule has 1 unspecified atom stereocenters. The first-order chi connectivity index (χ1) is 10.3. The van der Waals surface area contributed by atoms with Crippen LogP contribution in [0.5, 0.6) is 5.75 Å². The second-order valence-corrected chi connectivity index (χ2v) is 5.85. The van der Waals surface area contributed by atoms with E-state index >= 15 is 0 Å². The molecule has 2 aromatic heterocycles. The number of thiophene rings is 1. The van der Waals surface area contributed by atoms with Gasteiger partial charge in [0.15, 0.2) is 0 Å². The molecule has 0 saturated heterocycles. The number of hydrogen-bond acceptors (Lipinski definition) is 4. The van der Waals surface area contributed by atoms with E-state index in [-0.39, 0.29) is 0 Å². The second kappa shape index (κ2) is 6.70. The molecule has 3 rings (SSSR count). The zero-order valence-electron chi connectivity index (χ0n) is 12.0. The number of pyridine rings is 1. The minimum absolute atomic E-state index is 0.360. The second-order valence-electron chi connectivity index (χ2n) is 4.87. The van der Waals surface area contributed by atoms with Crippen LogP contribution in [0.2, 0.25) is 0 Å². The Hall–Kier alpha value is -1.91. The summed E-state index contributed by atoms with van der Waals surface area (Å²) in [6.07, 6.45) is 1.80. The molecule has 1 N–H and O–H groups in total. The zero-order valence-corrected chi connectivity index (χ0v) is 12.8. The summed E-state index contributed by atoms with van der Waals surface area (Å²) >= 11 is 1.77. The van der Waals surface area contributed by atoms with E-state index in [4.69, 9.17) is 4.74 Å². The van der Waals surface area contributed by atoms with Crippen LogP contribution in [0.3, 0.4) is 0 Å². The van der Waals surface area contributed by atoms with Crippen molar-refractivity contribution in [1.82, 2.24) is 10.3 Å². The Morgan fingerprint density at radius 2 is 2.10 bits per heavy atom. The van der Waals surface area contributed by atoms with Crippen LogP contribution in [0.15, 0.2) is 54.0 Å². The summed E-state index contributed by atoms with van der Waals surface area (Å²) in [6.45, 7) is 3.61. The Morgan fingerprint density at radius 1 is 1.19 bits per heavy atom. The molecule has 0 aliphatic carbocycles. The molecule has 2 heterocycles. The van der Waals surface area contributed by atoms with Crippen molar-refractivity contribution in [2.24, 2.45) is 0 Å². The van der Waals surface area contributed by atoms with Gasteiger partial charge in [0.25, 0.3) is 0 Å². The predicted molar refractivity (Wildman–Crippen MR) is 88.0 cm³/mol. The Morgan fingerprint density at radius 3 is 2.95 bits per heavy atom. The topological polar surface area (TPSA) is 34.1 Å². The maximum atomic E-state index is 5.87. The molecule has 0 aliphatic rings. The van der Waals surface area contributed by atoms with Crippen LogP contribution in [0.25, 0.3) is 10.9 Å². The van der Waals surface area contributed by atoms with E-state index in [0.29, 0.717) is 12.6 Å². The minimum Gasteiger partial charge on any atom is -0.490 e. The lowest BCUT2D eigenvalue weighted by atomic mass is 10.2. The number of ether oxygens (including phenoxy) is 1. The number of rotatable bonds is 6. The molecule has 21 heavy (non-hydrogen) atoms. The number of nitrogens with one attached hydrogen (secondary N) is 1. The fourth-order valence-corrected chi connectivity index (χ4v) is 3.03. The monoisotopic (exact) mass is 298 g/mol. The number of nitrogens with zero attached hydrogens (tertiary/aromatic N) is 1. The Kier molecular flexibility index (Phi) is 4.48.